The van der Waals surface area contributed by atoms with Crippen molar-refractivity contribution in [1.29, 1.82) is 0 Å². The Kier molecular flexibility index (Phi) is 6.08. The Morgan fingerprint density at radius 2 is 1.84 bits per heavy atom. The minimum atomic E-state index is -0.167. The lowest BCUT2D eigenvalue weighted by molar-refractivity contribution is 0.102. The third-order valence-corrected chi connectivity index (χ3v) is 4.85. The largest absolute Gasteiger partial charge is 0.489 e. The molecular weight excluding hydrogens is 388 g/mol. The molecule has 0 aliphatic carbocycles. The van der Waals surface area contributed by atoms with Crippen molar-refractivity contribution in [1.82, 2.24) is 14.8 Å². The van der Waals surface area contributed by atoms with Crippen LogP contribution in [0.3, 0.4) is 0 Å². The third-order valence-electron chi connectivity index (χ3n) is 4.85. The molecule has 0 aliphatic rings. The lowest BCUT2D eigenvalue weighted by Gasteiger charge is -2.10. The highest BCUT2D eigenvalue weighted by Crippen LogP contribution is 2.20. The van der Waals surface area contributed by atoms with Gasteiger partial charge in [-0.25, -0.2) is 0 Å². The SMILES string of the molecule is Cc1cc(C)n(Cc2cccc(C(=O)Nc3cccc(OCc4cccnc4)c3)c2)n1. The van der Waals surface area contributed by atoms with Gasteiger partial charge in [-0.05, 0) is 55.8 Å². The van der Waals surface area contributed by atoms with Crippen LogP contribution < -0.4 is 10.1 Å². The molecule has 4 aromatic rings. The maximum Gasteiger partial charge on any atom is 0.255 e. The second kappa shape index (κ2) is 9.26. The summed E-state index contributed by atoms with van der Waals surface area (Å²) in [6.45, 7) is 5.04. The van der Waals surface area contributed by atoms with Crippen LogP contribution in [0.15, 0.2) is 79.1 Å². The number of aromatic nitrogens is 3. The zero-order valence-corrected chi connectivity index (χ0v) is 17.6. The number of hydrogen-bond acceptors (Lipinski definition) is 4. The van der Waals surface area contributed by atoms with Crippen molar-refractivity contribution in [3.8, 4) is 5.75 Å². The van der Waals surface area contributed by atoms with Gasteiger partial charge >= 0.3 is 0 Å². The summed E-state index contributed by atoms with van der Waals surface area (Å²) in [7, 11) is 0. The fraction of sp³-hybridized carbons (Fsp3) is 0.160. The number of anilines is 1. The average Bonchev–Trinajstić information content (AvgIpc) is 3.10. The zero-order valence-electron chi connectivity index (χ0n) is 17.6. The van der Waals surface area contributed by atoms with E-state index in [2.05, 4.69) is 15.4 Å². The van der Waals surface area contributed by atoms with Crippen LogP contribution in [0.4, 0.5) is 5.69 Å². The lowest BCUT2D eigenvalue weighted by Crippen LogP contribution is -2.13. The maximum atomic E-state index is 12.8. The second-order valence-corrected chi connectivity index (χ2v) is 7.42. The predicted molar refractivity (Wildman–Crippen MR) is 120 cm³/mol. The van der Waals surface area contributed by atoms with E-state index in [-0.39, 0.29) is 5.91 Å². The van der Waals surface area contributed by atoms with Crippen LogP contribution in [0.1, 0.15) is 32.9 Å². The molecule has 0 aliphatic heterocycles. The molecular formula is C25H24N4O2. The van der Waals surface area contributed by atoms with Crippen LogP contribution in [0.25, 0.3) is 0 Å². The van der Waals surface area contributed by atoms with Gasteiger partial charge in [0.1, 0.15) is 12.4 Å². The van der Waals surface area contributed by atoms with Gasteiger partial charge in [0.05, 0.1) is 12.2 Å². The third kappa shape index (κ3) is 5.36. The van der Waals surface area contributed by atoms with E-state index in [0.717, 1.165) is 22.5 Å². The monoisotopic (exact) mass is 412 g/mol. The van der Waals surface area contributed by atoms with E-state index < -0.39 is 0 Å². The standard InChI is InChI=1S/C25H24N4O2/c1-18-12-19(2)29(28-18)16-20-6-3-8-22(13-20)25(30)27-23-9-4-10-24(14-23)31-17-21-7-5-11-26-15-21/h3-15H,16-17H2,1-2H3,(H,27,30). The van der Waals surface area contributed by atoms with Gasteiger partial charge in [0, 0.05) is 41.0 Å². The summed E-state index contributed by atoms with van der Waals surface area (Å²) in [6, 6.07) is 20.8. The lowest BCUT2D eigenvalue weighted by atomic mass is 10.1. The van der Waals surface area contributed by atoms with Gasteiger partial charge in [0.25, 0.3) is 5.91 Å². The number of nitrogens with one attached hydrogen (secondary N) is 1. The van der Waals surface area contributed by atoms with Crippen molar-refractivity contribution >= 4 is 11.6 Å². The van der Waals surface area contributed by atoms with E-state index in [0.29, 0.717) is 30.2 Å². The van der Waals surface area contributed by atoms with Crippen LogP contribution >= 0.6 is 0 Å². The number of carbonyl (C=O) groups is 1. The molecule has 2 aromatic heterocycles. The van der Waals surface area contributed by atoms with Crippen LogP contribution in [-0.4, -0.2) is 20.7 Å². The predicted octanol–water partition coefficient (Wildman–Crippen LogP) is 4.77. The molecule has 6 nitrogen and oxygen atoms in total. The highest BCUT2D eigenvalue weighted by Gasteiger charge is 2.09. The van der Waals surface area contributed by atoms with Gasteiger partial charge in [-0.15, -0.1) is 0 Å². The van der Waals surface area contributed by atoms with Crippen molar-refractivity contribution in [2.45, 2.75) is 27.0 Å². The van der Waals surface area contributed by atoms with Gasteiger partial charge < -0.3 is 10.1 Å². The Balaban J connectivity index is 1.41. The molecule has 2 heterocycles. The number of hydrogen-bond donors (Lipinski definition) is 1. The normalized spacial score (nSPS) is 10.6. The summed E-state index contributed by atoms with van der Waals surface area (Å²) in [5.41, 5.74) is 5.36. The molecule has 0 radical (unpaired) electrons. The topological polar surface area (TPSA) is 69.0 Å². The smallest absolute Gasteiger partial charge is 0.255 e. The minimum absolute atomic E-state index is 0.167. The van der Waals surface area contributed by atoms with Gasteiger partial charge in [0.2, 0.25) is 0 Å². The number of rotatable bonds is 7. The number of nitrogens with zero attached hydrogens (tertiary/aromatic N) is 3. The number of carbonyl (C=O) groups excluding carboxylic acids is 1. The molecule has 0 spiro atoms. The quantitative estimate of drug-likeness (QED) is 0.475. The molecule has 0 atom stereocenters. The van der Waals surface area contributed by atoms with Gasteiger partial charge in [0.15, 0.2) is 0 Å². The van der Waals surface area contributed by atoms with Crippen LogP contribution in [0.5, 0.6) is 5.75 Å². The highest BCUT2D eigenvalue weighted by atomic mass is 16.5. The van der Waals surface area contributed by atoms with E-state index in [4.69, 9.17) is 4.74 Å². The van der Waals surface area contributed by atoms with Crippen molar-refractivity contribution in [3.05, 3.63) is 107 Å². The fourth-order valence-corrected chi connectivity index (χ4v) is 3.34. The Morgan fingerprint density at radius 1 is 1.00 bits per heavy atom. The number of ether oxygens (including phenoxy) is 1. The summed E-state index contributed by atoms with van der Waals surface area (Å²) < 4.78 is 7.76. The Labute approximate surface area is 181 Å². The first-order valence-corrected chi connectivity index (χ1v) is 10.1. The molecule has 0 saturated carbocycles. The first kappa shape index (κ1) is 20.3. The van der Waals surface area contributed by atoms with Gasteiger partial charge in [-0.1, -0.05) is 24.3 Å². The van der Waals surface area contributed by atoms with Gasteiger partial charge in [-0.2, -0.15) is 5.10 Å². The zero-order chi connectivity index (χ0) is 21.6. The Hall–Kier alpha value is -3.93. The first-order chi connectivity index (χ1) is 15.1. The summed E-state index contributed by atoms with van der Waals surface area (Å²) in [5, 5.41) is 7.44. The number of pyridine rings is 1. The van der Waals surface area contributed by atoms with E-state index in [1.807, 2.05) is 85.3 Å². The first-order valence-electron chi connectivity index (χ1n) is 10.1. The molecule has 0 unspecified atom stereocenters. The van der Waals surface area contributed by atoms with E-state index in [1.165, 1.54) is 0 Å². The van der Waals surface area contributed by atoms with Crippen LogP contribution in [-0.2, 0) is 13.2 Å². The molecule has 4 rings (SSSR count). The van der Waals surface area contributed by atoms with E-state index in [9.17, 15) is 4.79 Å². The fourth-order valence-electron chi connectivity index (χ4n) is 3.34. The Bertz CT molecular complexity index is 1190. The van der Waals surface area contributed by atoms with Crippen LogP contribution in [0, 0.1) is 13.8 Å². The summed E-state index contributed by atoms with van der Waals surface area (Å²) in [5.74, 6) is 0.513. The molecule has 1 amide bonds. The average molecular weight is 412 g/mol. The van der Waals surface area contributed by atoms with Crippen molar-refractivity contribution in [3.63, 3.8) is 0 Å². The number of benzene rings is 2. The molecule has 6 heteroatoms. The summed E-state index contributed by atoms with van der Waals surface area (Å²) in [6.07, 6.45) is 3.50. The minimum Gasteiger partial charge on any atom is -0.489 e. The number of aryl methyl sites for hydroxylation is 2. The highest BCUT2D eigenvalue weighted by molar-refractivity contribution is 6.04. The summed E-state index contributed by atoms with van der Waals surface area (Å²) in [4.78, 5) is 16.9. The van der Waals surface area contributed by atoms with Crippen molar-refractivity contribution in [2.24, 2.45) is 0 Å². The molecule has 0 saturated heterocycles. The molecule has 0 fully saturated rings. The molecule has 1 N–H and O–H groups in total. The van der Waals surface area contributed by atoms with Crippen LogP contribution in [0.2, 0.25) is 0 Å². The Morgan fingerprint density at radius 3 is 2.61 bits per heavy atom. The van der Waals surface area contributed by atoms with Gasteiger partial charge in [-0.3, -0.25) is 14.5 Å². The van der Waals surface area contributed by atoms with E-state index in [1.54, 1.807) is 12.4 Å². The molecule has 2 aromatic carbocycles. The summed E-state index contributed by atoms with van der Waals surface area (Å²) >= 11 is 0. The molecule has 0 bridgehead atoms. The maximum absolute atomic E-state index is 12.8. The molecule has 31 heavy (non-hydrogen) atoms. The number of amides is 1. The van der Waals surface area contributed by atoms with Crippen molar-refractivity contribution in [2.75, 3.05) is 5.32 Å². The van der Waals surface area contributed by atoms with E-state index >= 15 is 0 Å². The second-order valence-electron chi connectivity index (χ2n) is 7.42. The van der Waals surface area contributed by atoms with Crippen molar-refractivity contribution < 1.29 is 9.53 Å². The molecule has 156 valence electrons.